The summed E-state index contributed by atoms with van der Waals surface area (Å²) in [6.45, 7) is 0. The van der Waals surface area contributed by atoms with Crippen LogP contribution in [0, 0.1) is 0 Å². The lowest BCUT2D eigenvalue weighted by Crippen LogP contribution is -2.31. The van der Waals surface area contributed by atoms with Crippen LogP contribution in [0.25, 0.3) is 0 Å². The molecule has 0 heterocycles. The van der Waals surface area contributed by atoms with E-state index in [-0.39, 0.29) is 11.9 Å². The Morgan fingerprint density at radius 2 is 2.10 bits per heavy atom. The number of hydrogen-bond acceptors (Lipinski definition) is 2. The van der Waals surface area contributed by atoms with Crippen LogP contribution in [0.2, 0.25) is 5.02 Å². The Balaban J connectivity index is 1.82. The number of benzene rings is 2. The van der Waals surface area contributed by atoms with Crippen molar-refractivity contribution in [1.82, 2.24) is 5.32 Å². The molecule has 2 aromatic rings. The molecule has 3 rings (SSSR count). The number of halogens is 1. The highest BCUT2D eigenvalue weighted by atomic mass is 35.5. The van der Waals surface area contributed by atoms with Gasteiger partial charge >= 0.3 is 0 Å². The number of amides is 1. The second kappa shape index (κ2) is 5.78. The Labute approximate surface area is 129 Å². The van der Waals surface area contributed by atoms with Gasteiger partial charge in [0.1, 0.15) is 0 Å². The van der Waals surface area contributed by atoms with Gasteiger partial charge in [0, 0.05) is 16.3 Å². The maximum Gasteiger partial charge on any atom is 0.251 e. The Hall–Kier alpha value is -2.00. The fraction of sp³-hybridized carbons (Fsp3) is 0.235. The Morgan fingerprint density at radius 3 is 2.90 bits per heavy atom. The summed E-state index contributed by atoms with van der Waals surface area (Å²) in [5.41, 5.74) is 9.60. The number of carbonyl (C=O) groups is 1. The molecule has 1 aliphatic carbocycles. The van der Waals surface area contributed by atoms with Crippen molar-refractivity contribution in [2.45, 2.75) is 25.3 Å². The van der Waals surface area contributed by atoms with Gasteiger partial charge in [-0.25, -0.2) is 0 Å². The van der Waals surface area contributed by atoms with Gasteiger partial charge in [-0.15, -0.1) is 0 Å². The molecule has 0 saturated carbocycles. The second-order valence-electron chi connectivity index (χ2n) is 5.39. The highest BCUT2D eigenvalue weighted by Crippen LogP contribution is 2.31. The summed E-state index contributed by atoms with van der Waals surface area (Å²) in [7, 11) is 0. The normalized spacial score (nSPS) is 17.1. The number of hydrogen-bond donors (Lipinski definition) is 2. The molecule has 3 N–H and O–H groups in total. The van der Waals surface area contributed by atoms with Gasteiger partial charge in [0.05, 0.1) is 6.04 Å². The molecular formula is C17H17ClN2O. The van der Waals surface area contributed by atoms with Crippen LogP contribution in [-0.4, -0.2) is 5.91 Å². The van der Waals surface area contributed by atoms with Crippen molar-refractivity contribution in [2.24, 2.45) is 0 Å². The molecule has 1 unspecified atom stereocenters. The number of fused-ring (bicyclic) bond motifs is 1. The first-order valence-corrected chi connectivity index (χ1v) is 7.46. The fourth-order valence-corrected chi connectivity index (χ4v) is 3.05. The van der Waals surface area contributed by atoms with Gasteiger partial charge in [-0.05, 0) is 60.7 Å². The summed E-state index contributed by atoms with van der Waals surface area (Å²) < 4.78 is 0. The molecule has 0 aromatic heterocycles. The van der Waals surface area contributed by atoms with Crippen LogP contribution < -0.4 is 11.1 Å². The van der Waals surface area contributed by atoms with Gasteiger partial charge < -0.3 is 11.1 Å². The van der Waals surface area contributed by atoms with Gasteiger partial charge in [-0.1, -0.05) is 23.7 Å². The lowest BCUT2D eigenvalue weighted by molar-refractivity contribution is 0.0933. The second-order valence-corrected chi connectivity index (χ2v) is 5.82. The first-order chi connectivity index (χ1) is 10.1. The molecule has 1 amide bonds. The molecule has 2 aromatic carbocycles. The Morgan fingerprint density at radius 1 is 1.24 bits per heavy atom. The summed E-state index contributed by atoms with van der Waals surface area (Å²) in [5.74, 6) is -0.0906. The smallest absolute Gasteiger partial charge is 0.251 e. The standard InChI is InChI=1S/C17H17ClN2O/c18-13-5-1-4-12(9-13)17(21)20-16-6-2-3-11-10-14(19)7-8-15(11)16/h1,4-5,7-10,16H,2-3,6,19H2,(H,20,21). The van der Waals surface area contributed by atoms with Crippen molar-refractivity contribution >= 4 is 23.2 Å². The zero-order valence-corrected chi connectivity index (χ0v) is 12.4. The number of carbonyl (C=O) groups excluding carboxylic acids is 1. The molecule has 0 fully saturated rings. The average molecular weight is 301 g/mol. The van der Waals surface area contributed by atoms with E-state index in [2.05, 4.69) is 5.32 Å². The van der Waals surface area contributed by atoms with Crippen molar-refractivity contribution < 1.29 is 4.79 Å². The molecule has 0 spiro atoms. The van der Waals surface area contributed by atoms with Gasteiger partial charge in [-0.3, -0.25) is 4.79 Å². The molecule has 0 radical (unpaired) electrons. The predicted molar refractivity (Wildman–Crippen MR) is 85.5 cm³/mol. The third kappa shape index (κ3) is 3.03. The van der Waals surface area contributed by atoms with E-state index in [4.69, 9.17) is 17.3 Å². The highest BCUT2D eigenvalue weighted by molar-refractivity contribution is 6.30. The van der Waals surface area contributed by atoms with E-state index < -0.39 is 0 Å². The highest BCUT2D eigenvalue weighted by Gasteiger charge is 2.22. The minimum atomic E-state index is -0.0906. The average Bonchev–Trinajstić information content (AvgIpc) is 2.47. The van der Waals surface area contributed by atoms with Crippen LogP contribution in [0.15, 0.2) is 42.5 Å². The van der Waals surface area contributed by atoms with Crippen LogP contribution in [0.3, 0.4) is 0 Å². The molecule has 3 nitrogen and oxygen atoms in total. The van der Waals surface area contributed by atoms with Crippen molar-refractivity contribution in [2.75, 3.05) is 5.73 Å². The minimum Gasteiger partial charge on any atom is -0.399 e. The molecule has 1 atom stereocenters. The number of nitrogen functional groups attached to an aromatic ring is 1. The molecule has 21 heavy (non-hydrogen) atoms. The van der Waals surface area contributed by atoms with Gasteiger partial charge in [0.25, 0.3) is 5.91 Å². The van der Waals surface area contributed by atoms with Crippen molar-refractivity contribution in [3.05, 3.63) is 64.2 Å². The fourth-order valence-electron chi connectivity index (χ4n) is 2.86. The minimum absolute atomic E-state index is 0.0424. The predicted octanol–water partition coefficient (Wildman–Crippen LogP) is 3.73. The van der Waals surface area contributed by atoms with Gasteiger partial charge in [0.2, 0.25) is 0 Å². The molecular weight excluding hydrogens is 284 g/mol. The zero-order chi connectivity index (χ0) is 14.8. The van der Waals surface area contributed by atoms with E-state index in [1.165, 1.54) is 11.1 Å². The van der Waals surface area contributed by atoms with E-state index in [0.717, 1.165) is 24.9 Å². The number of nitrogens with one attached hydrogen (secondary N) is 1. The molecule has 0 saturated heterocycles. The van der Waals surface area contributed by atoms with E-state index in [1.807, 2.05) is 18.2 Å². The van der Waals surface area contributed by atoms with Crippen molar-refractivity contribution in [1.29, 1.82) is 0 Å². The topological polar surface area (TPSA) is 55.1 Å². The summed E-state index contributed by atoms with van der Waals surface area (Å²) in [4.78, 5) is 12.3. The quantitative estimate of drug-likeness (QED) is 0.830. The molecule has 108 valence electrons. The third-order valence-electron chi connectivity index (χ3n) is 3.87. The zero-order valence-electron chi connectivity index (χ0n) is 11.6. The third-order valence-corrected chi connectivity index (χ3v) is 4.11. The van der Waals surface area contributed by atoms with Crippen LogP contribution in [0.1, 0.15) is 40.4 Å². The number of rotatable bonds is 2. The first kappa shape index (κ1) is 14.0. The van der Waals surface area contributed by atoms with Crippen molar-refractivity contribution in [3.63, 3.8) is 0 Å². The van der Waals surface area contributed by atoms with Crippen LogP contribution in [0.5, 0.6) is 0 Å². The Kier molecular flexibility index (Phi) is 3.84. The van der Waals surface area contributed by atoms with Gasteiger partial charge in [0.15, 0.2) is 0 Å². The van der Waals surface area contributed by atoms with E-state index >= 15 is 0 Å². The summed E-state index contributed by atoms with van der Waals surface area (Å²) in [6.07, 6.45) is 3.02. The molecule has 0 bridgehead atoms. The van der Waals surface area contributed by atoms with Gasteiger partial charge in [-0.2, -0.15) is 0 Å². The summed E-state index contributed by atoms with van der Waals surface area (Å²) >= 11 is 5.94. The molecule has 1 aliphatic rings. The lowest BCUT2D eigenvalue weighted by Gasteiger charge is -2.26. The first-order valence-electron chi connectivity index (χ1n) is 7.08. The number of aryl methyl sites for hydroxylation is 1. The Bertz CT molecular complexity index is 684. The maximum absolute atomic E-state index is 12.3. The number of nitrogens with two attached hydrogens (primary N) is 1. The van der Waals surface area contributed by atoms with E-state index in [1.54, 1.807) is 24.3 Å². The number of anilines is 1. The molecule has 0 aliphatic heterocycles. The largest absolute Gasteiger partial charge is 0.399 e. The SMILES string of the molecule is Nc1ccc2c(c1)CCCC2NC(=O)c1cccc(Cl)c1. The summed E-state index contributed by atoms with van der Waals surface area (Å²) in [6, 6.07) is 13.0. The van der Waals surface area contributed by atoms with E-state index in [9.17, 15) is 4.79 Å². The van der Waals surface area contributed by atoms with E-state index in [0.29, 0.717) is 10.6 Å². The van der Waals surface area contributed by atoms with Crippen LogP contribution in [-0.2, 0) is 6.42 Å². The lowest BCUT2D eigenvalue weighted by atomic mass is 9.87. The molecule has 4 heteroatoms. The van der Waals surface area contributed by atoms with Crippen LogP contribution in [0.4, 0.5) is 5.69 Å². The summed E-state index contributed by atoms with van der Waals surface area (Å²) in [5, 5.41) is 3.67. The van der Waals surface area contributed by atoms with Crippen LogP contribution >= 0.6 is 11.6 Å². The maximum atomic E-state index is 12.3. The van der Waals surface area contributed by atoms with Crippen molar-refractivity contribution in [3.8, 4) is 0 Å². The monoisotopic (exact) mass is 300 g/mol.